The van der Waals surface area contributed by atoms with Crippen molar-refractivity contribution in [2.75, 3.05) is 26.8 Å². The molecule has 9 heteroatoms. The van der Waals surface area contributed by atoms with E-state index >= 15 is 0 Å². The maximum Gasteiger partial charge on any atom is 0.416 e. The highest BCUT2D eigenvalue weighted by molar-refractivity contribution is 5.86. The average molecular weight is 480 g/mol. The molecule has 1 aliphatic rings. The van der Waals surface area contributed by atoms with Gasteiger partial charge in [-0.2, -0.15) is 13.2 Å². The molecule has 1 aromatic carbocycles. The number of nitrogens with zero attached hydrogens (tertiary/aromatic N) is 3. The summed E-state index contributed by atoms with van der Waals surface area (Å²) in [4.78, 5) is 29.1. The summed E-state index contributed by atoms with van der Waals surface area (Å²) in [5.41, 5.74) is 0.616. The summed E-state index contributed by atoms with van der Waals surface area (Å²) in [7, 11) is 1.55. The minimum Gasteiger partial charge on any atom is -0.383 e. The molecule has 0 spiro atoms. The molecule has 6 nitrogen and oxygen atoms in total. The van der Waals surface area contributed by atoms with Gasteiger partial charge in [0.25, 0.3) is 0 Å². The summed E-state index contributed by atoms with van der Waals surface area (Å²) < 4.78 is 46.3. The number of hydrogen-bond donors (Lipinski definition) is 0. The molecule has 1 fully saturated rings. The Balaban J connectivity index is 1.74. The molecule has 0 aliphatic heterocycles. The second-order valence-electron chi connectivity index (χ2n) is 8.99. The van der Waals surface area contributed by atoms with E-state index in [0.29, 0.717) is 18.7 Å². The van der Waals surface area contributed by atoms with E-state index in [1.807, 2.05) is 24.5 Å². The number of aromatic nitrogens is 1. The van der Waals surface area contributed by atoms with Crippen molar-refractivity contribution >= 4 is 11.8 Å². The molecule has 0 saturated heterocycles. The maximum absolute atomic E-state index is 13.2. The van der Waals surface area contributed by atoms with Gasteiger partial charge in [0, 0.05) is 44.0 Å². The normalized spacial score (nSPS) is 13.9. The zero-order valence-electron chi connectivity index (χ0n) is 19.8. The van der Waals surface area contributed by atoms with E-state index in [9.17, 15) is 22.8 Å². The lowest BCUT2D eigenvalue weighted by atomic mass is 10.1. The largest absolute Gasteiger partial charge is 0.416 e. The van der Waals surface area contributed by atoms with Gasteiger partial charge in [-0.15, -0.1) is 0 Å². The van der Waals surface area contributed by atoms with Crippen LogP contribution in [0.3, 0.4) is 0 Å². The van der Waals surface area contributed by atoms with Crippen LogP contribution in [0.5, 0.6) is 0 Å². The van der Waals surface area contributed by atoms with Gasteiger partial charge < -0.3 is 19.1 Å². The first-order valence-electron chi connectivity index (χ1n) is 11.5. The molecule has 0 bridgehead atoms. The molecule has 186 valence electrons. The lowest BCUT2D eigenvalue weighted by Gasteiger charge is -2.29. The molecule has 1 aliphatic carbocycles. The van der Waals surface area contributed by atoms with E-state index in [1.54, 1.807) is 35.2 Å². The van der Waals surface area contributed by atoms with Crippen molar-refractivity contribution in [2.45, 2.75) is 52.0 Å². The molecule has 1 heterocycles. The Morgan fingerprint density at radius 1 is 1.18 bits per heavy atom. The van der Waals surface area contributed by atoms with Gasteiger partial charge in [0.1, 0.15) is 6.54 Å². The zero-order chi connectivity index (χ0) is 24.9. The molecule has 3 rings (SSSR count). The Labute approximate surface area is 198 Å². The number of benzene rings is 1. The quantitative estimate of drug-likeness (QED) is 0.486. The summed E-state index contributed by atoms with van der Waals surface area (Å²) in [5.74, 6) is -0.397. The highest BCUT2D eigenvalue weighted by Crippen LogP contribution is 2.30. The molecule has 1 saturated carbocycles. The predicted octanol–water partition coefficient (Wildman–Crippen LogP) is 4.18. The van der Waals surface area contributed by atoms with E-state index in [2.05, 4.69) is 0 Å². The predicted molar refractivity (Wildman–Crippen MR) is 122 cm³/mol. The average Bonchev–Trinajstić information content (AvgIpc) is 3.54. The molecule has 34 heavy (non-hydrogen) atoms. The molecule has 1 aromatic heterocycles. The van der Waals surface area contributed by atoms with Gasteiger partial charge in [0.05, 0.1) is 18.7 Å². The number of methoxy groups -OCH3 is 1. The summed E-state index contributed by atoms with van der Waals surface area (Å²) in [6.45, 7) is 4.86. The molecule has 0 atom stereocenters. The van der Waals surface area contributed by atoms with Crippen LogP contribution in [-0.2, 0) is 33.6 Å². The molecule has 2 aromatic rings. The van der Waals surface area contributed by atoms with Crippen LogP contribution in [0.25, 0.3) is 0 Å². The van der Waals surface area contributed by atoms with Crippen molar-refractivity contribution in [2.24, 2.45) is 5.92 Å². The Kier molecular flexibility index (Phi) is 8.41. The molecule has 0 radical (unpaired) electrons. The second-order valence-corrected chi connectivity index (χ2v) is 8.99. The van der Waals surface area contributed by atoms with Gasteiger partial charge in [0.15, 0.2) is 0 Å². The first-order chi connectivity index (χ1) is 16.1. The highest BCUT2D eigenvalue weighted by Gasteiger charge is 2.35. The highest BCUT2D eigenvalue weighted by atomic mass is 19.4. The molecular formula is C25H32F3N3O3. The van der Waals surface area contributed by atoms with Crippen LogP contribution in [0.2, 0.25) is 0 Å². The Hall–Kier alpha value is -2.81. The minimum absolute atomic E-state index is 0.0136. The van der Waals surface area contributed by atoms with Crippen LogP contribution < -0.4 is 0 Å². The Morgan fingerprint density at radius 2 is 1.91 bits per heavy atom. The number of hydrogen-bond acceptors (Lipinski definition) is 3. The number of rotatable bonds is 11. The lowest BCUT2D eigenvalue weighted by Crippen LogP contribution is -2.46. The van der Waals surface area contributed by atoms with Crippen molar-refractivity contribution < 1.29 is 27.5 Å². The number of halogens is 3. The van der Waals surface area contributed by atoms with E-state index in [1.165, 1.54) is 6.07 Å². The number of carbonyl (C=O) groups is 2. The first-order valence-corrected chi connectivity index (χ1v) is 11.5. The second kappa shape index (κ2) is 11.1. The van der Waals surface area contributed by atoms with Crippen molar-refractivity contribution in [3.63, 3.8) is 0 Å². The fourth-order valence-electron chi connectivity index (χ4n) is 3.83. The first kappa shape index (κ1) is 25.8. The molecule has 2 amide bonds. The van der Waals surface area contributed by atoms with Crippen molar-refractivity contribution in [1.82, 2.24) is 14.4 Å². The molecular weight excluding hydrogens is 447 g/mol. The Morgan fingerprint density at radius 3 is 2.53 bits per heavy atom. The van der Waals surface area contributed by atoms with Gasteiger partial charge in [-0.3, -0.25) is 9.59 Å². The Bertz CT molecular complexity index is 983. The summed E-state index contributed by atoms with van der Waals surface area (Å²) in [6.07, 6.45) is -0.805. The fourth-order valence-corrected chi connectivity index (χ4v) is 3.83. The molecule has 0 N–H and O–H groups in total. The van der Waals surface area contributed by atoms with Crippen molar-refractivity contribution in [3.8, 4) is 0 Å². The van der Waals surface area contributed by atoms with Crippen molar-refractivity contribution in [3.05, 3.63) is 59.4 Å². The number of amides is 2. The van der Waals surface area contributed by atoms with E-state index in [-0.39, 0.29) is 43.4 Å². The van der Waals surface area contributed by atoms with E-state index in [4.69, 9.17) is 4.74 Å². The fraction of sp³-hybridized carbons (Fsp3) is 0.520. The monoisotopic (exact) mass is 479 g/mol. The van der Waals surface area contributed by atoms with Gasteiger partial charge in [0.2, 0.25) is 11.8 Å². The standard InChI is InChI=1S/C25H32F3N3O3/c1-18(2)24(33)31(21-9-10-21)17-23(32)30(12-13-34-3)16-22-8-5-11-29(22)15-19-6-4-7-20(14-19)25(26,27)28/h4-8,11,14,18,21H,9-10,12-13,15-17H2,1-3H3. The third kappa shape index (κ3) is 6.85. The number of carbonyl (C=O) groups excluding carboxylic acids is 2. The van der Waals surface area contributed by atoms with Gasteiger partial charge in [-0.1, -0.05) is 26.0 Å². The van der Waals surface area contributed by atoms with Gasteiger partial charge in [-0.05, 0) is 42.7 Å². The maximum atomic E-state index is 13.2. The topological polar surface area (TPSA) is 54.8 Å². The summed E-state index contributed by atoms with van der Waals surface area (Å²) in [6, 6.07) is 9.01. The van der Waals surface area contributed by atoms with Crippen LogP contribution >= 0.6 is 0 Å². The van der Waals surface area contributed by atoms with Crippen LogP contribution in [0.15, 0.2) is 42.6 Å². The third-order valence-electron chi connectivity index (χ3n) is 5.87. The van der Waals surface area contributed by atoms with E-state index < -0.39 is 11.7 Å². The zero-order valence-corrected chi connectivity index (χ0v) is 19.8. The number of ether oxygens (including phenoxy) is 1. The van der Waals surface area contributed by atoms with Gasteiger partial charge >= 0.3 is 6.18 Å². The summed E-state index contributed by atoms with van der Waals surface area (Å²) in [5, 5.41) is 0. The molecule has 0 unspecified atom stereocenters. The van der Waals surface area contributed by atoms with Gasteiger partial charge in [-0.25, -0.2) is 0 Å². The van der Waals surface area contributed by atoms with Crippen LogP contribution in [0.4, 0.5) is 13.2 Å². The van der Waals surface area contributed by atoms with Crippen LogP contribution in [0, 0.1) is 5.92 Å². The van der Waals surface area contributed by atoms with Crippen LogP contribution in [0.1, 0.15) is 43.5 Å². The van der Waals surface area contributed by atoms with Crippen LogP contribution in [-0.4, -0.2) is 59.0 Å². The SMILES string of the molecule is COCCN(Cc1cccn1Cc1cccc(C(F)(F)F)c1)C(=O)CN(C(=O)C(C)C)C1CC1. The third-order valence-corrected chi connectivity index (χ3v) is 5.87. The smallest absolute Gasteiger partial charge is 0.383 e. The van der Waals surface area contributed by atoms with E-state index in [0.717, 1.165) is 30.7 Å². The lowest BCUT2D eigenvalue weighted by molar-refractivity contribution is -0.143. The minimum atomic E-state index is -4.40. The number of alkyl halides is 3. The van der Waals surface area contributed by atoms with Crippen molar-refractivity contribution in [1.29, 1.82) is 0 Å². The summed E-state index contributed by atoms with van der Waals surface area (Å²) >= 11 is 0.